The quantitative estimate of drug-likeness (QED) is 0.474. The minimum atomic E-state index is -0.445. The van der Waals surface area contributed by atoms with Crippen LogP contribution in [-0.4, -0.2) is 14.7 Å². The second kappa shape index (κ2) is 5.66. The Hall–Kier alpha value is -1.59. The van der Waals surface area contributed by atoms with Crippen LogP contribution >= 0.6 is 23.2 Å². The fourth-order valence-corrected chi connectivity index (χ4v) is 2.65. The summed E-state index contributed by atoms with van der Waals surface area (Å²) >= 11 is 12.3. The number of benzene rings is 1. The molecule has 0 saturated carbocycles. The molecule has 0 bridgehead atoms. The van der Waals surface area contributed by atoms with Gasteiger partial charge in [0.05, 0.1) is 22.2 Å². The number of hydrogen-bond donors (Lipinski definition) is 0. The second-order valence-electron chi connectivity index (χ2n) is 5.69. The number of halogens is 2. The van der Waals surface area contributed by atoms with Crippen molar-refractivity contribution in [1.82, 2.24) is 9.78 Å². The minimum absolute atomic E-state index is 0.0237. The third kappa shape index (κ3) is 3.04. The molecule has 1 heterocycles. The molecule has 0 N–H and O–H groups in total. The standard InChI is InChI=1S/C14H15Cl2N3O2/c1-14(2,3)12-11(8-15)13(16)18(17-12)9-4-6-10(7-5-9)19(20)21/h4-7H,8H2,1-3H3. The van der Waals surface area contributed by atoms with E-state index in [2.05, 4.69) is 5.10 Å². The molecule has 5 nitrogen and oxygen atoms in total. The van der Waals surface area contributed by atoms with Gasteiger partial charge in [0.1, 0.15) is 5.15 Å². The number of nitro groups is 1. The first-order valence-corrected chi connectivity index (χ1v) is 7.25. The maximum absolute atomic E-state index is 10.7. The maximum atomic E-state index is 10.7. The van der Waals surface area contributed by atoms with Gasteiger partial charge in [-0.3, -0.25) is 10.1 Å². The normalized spacial score (nSPS) is 11.7. The van der Waals surface area contributed by atoms with Crippen molar-refractivity contribution in [2.24, 2.45) is 0 Å². The Morgan fingerprint density at radius 3 is 2.24 bits per heavy atom. The van der Waals surface area contributed by atoms with Crippen LogP contribution in [0.5, 0.6) is 0 Å². The van der Waals surface area contributed by atoms with Crippen LogP contribution in [0.1, 0.15) is 32.0 Å². The smallest absolute Gasteiger partial charge is 0.258 e. The Bertz CT molecular complexity index is 673. The second-order valence-corrected chi connectivity index (χ2v) is 6.31. The summed E-state index contributed by atoms with van der Waals surface area (Å²) in [6.45, 7) is 6.09. The molecule has 0 fully saturated rings. The summed E-state index contributed by atoms with van der Waals surface area (Å²) in [5, 5.41) is 15.7. The molecular weight excluding hydrogens is 313 g/mol. The number of nitro benzene ring substituents is 1. The number of nitrogens with zero attached hydrogens (tertiary/aromatic N) is 3. The molecule has 0 aliphatic carbocycles. The lowest BCUT2D eigenvalue weighted by molar-refractivity contribution is -0.384. The van der Waals surface area contributed by atoms with E-state index in [1.165, 1.54) is 12.1 Å². The zero-order chi connectivity index (χ0) is 15.8. The first kappa shape index (κ1) is 15.8. The van der Waals surface area contributed by atoms with E-state index < -0.39 is 4.92 Å². The highest BCUT2D eigenvalue weighted by Gasteiger charge is 2.26. The lowest BCUT2D eigenvalue weighted by Crippen LogP contribution is -2.14. The zero-order valence-electron chi connectivity index (χ0n) is 11.9. The average Bonchev–Trinajstić information content (AvgIpc) is 2.75. The first-order valence-electron chi connectivity index (χ1n) is 6.34. The third-order valence-corrected chi connectivity index (χ3v) is 3.73. The molecule has 0 saturated heterocycles. The Kier molecular flexibility index (Phi) is 4.25. The molecule has 0 aliphatic heterocycles. The summed E-state index contributed by atoms with van der Waals surface area (Å²) < 4.78 is 1.56. The Labute approximate surface area is 132 Å². The summed E-state index contributed by atoms with van der Waals surface area (Å²) in [5.41, 5.74) is 2.09. The topological polar surface area (TPSA) is 61.0 Å². The van der Waals surface area contributed by atoms with E-state index in [9.17, 15) is 10.1 Å². The van der Waals surface area contributed by atoms with Gasteiger partial charge < -0.3 is 0 Å². The van der Waals surface area contributed by atoms with Crippen molar-refractivity contribution in [3.8, 4) is 5.69 Å². The maximum Gasteiger partial charge on any atom is 0.269 e. The van der Waals surface area contributed by atoms with Crippen molar-refractivity contribution < 1.29 is 4.92 Å². The van der Waals surface area contributed by atoms with Crippen LogP contribution in [0.2, 0.25) is 5.15 Å². The number of hydrogen-bond acceptors (Lipinski definition) is 3. The molecule has 2 rings (SSSR count). The van der Waals surface area contributed by atoms with Gasteiger partial charge in [0.15, 0.2) is 0 Å². The lowest BCUT2D eigenvalue weighted by Gasteiger charge is -2.16. The van der Waals surface area contributed by atoms with Crippen LogP contribution in [0, 0.1) is 10.1 Å². The third-order valence-electron chi connectivity index (χ3n) is 3.07. The monoisotopic (exact) mass is 327 g/mol. The summed E-state index contributed by atoms with van der Waals surface area (Å²) in [4.78, 5) is 10.2. The van der Waals surface area contributed by atoms with Crippen molar-refractivity contribution in [3.63, 3.8) is 0 Å². The molecule has 0 atom stereocenters. The molecule has 1 aromatic carbocycles. The Morgan fingerprint density at radius 1 is 1.29 bits per heavy atom. The van der Waals surface area contributed by atoms with Crippen LogP contribution in [0.4, 0.5) is 5.69 Å². The molecule has 21 heavy (non-hydrogen) atoms. The summed E-state index contributed by atoms with van der Waals surface area (Å²) in [6.07, 6.45) is 0. The fraction of sp³-hybridized carbons (Fsp3) is 0.357. The van der Waals surface area contributed by atoms with Gasteiger partial charge in [-0.1, -0.05) is 32.4 Å². The first-order chi connectivity index (χ1) is 9.75. The van der Waals surface area contributed by atoms with Gasteiger partial charge in [0.2, 0.25) is 0 Å². The molecule has 7 heteroatoms. The molecule has 0 radical (unpaired) electrons. The average molecular weight is 328 g/mol. The summed E-state index contributed by atoms with van der Waals surface area (Å²) in [6, 6.07) is 6.07. The minimum Gasteiger partial charge on any atom is -0.258 e. The number of rotatable bonds is 3. The molecule has 0 spiro atoms. The summed E-state index contributed by atoms with van der Waals surface area (Å²) in [5.74, 6) is 0.262. The summed E-state index contributed by atoms with van der Waals surface area (Å²) in [7, 11) is 0. The lowest BCUT2D eigenvalue weighted by atomic mass is 9.90. The van der Waals surface area contributed by atoms with E-state index in [1.54, 1.807) is 16.8 Å². The zero-order valence-corrected chi connectivity index (χ0v) is 13.4. The fourth-order valence-electron chi connectivity index (χ4n) is 2.04. The van der Waals surface area contributed by atoms with Crippen molar-refractivity contribution in [2.45, 2.75) is 32.1 Å². The number of non-ortho nitro benzene ring substituents is 1. The number of alkyl halides is 1. The molecule has 1 aromatic heterocycles. The molecule has 0 amide bonds. The molecule has 0 aliphatic rings. The Morgan fingerprint density at radius 2 is 1.86 bits per heavy atom. The molecule has 0 unspecified atom stereocenters. The van der Waals surface area contributed by atoms with Crippen molar-refractivity contribution in [2.75, 3.05) is 0 Å². The van der Waals surface area contributed by atoms with Gasteiger partial charge in [-0.15, -0.1) is 11.6 Å². The van der Waals surface area contributed by atoms with E-state index in [4.69, 9.17) is 23.2 Å². The highest BCUT2D eigenvalue weighted by atomic mass is 35.5. The highest BCUT2D eigenvalue weighted by molar-refractivity contribution is 6.31. The largest absolute Gasteiger partial charge is 0.269 e. The van der Waals surface area contributed by atoms with Crippen LogP contribution in [-0.2, 0) is 11.3 Å². The van der Waals surface area contributed by atoms with Crippen molar-refractivity contribution in [1.29, 1.82) is 0 Å². The number of aromatic nitrogens is 2. The van der Waals surface area contributed by atoms with Gasteiger partial charge in [0.25, 0.3) is 5.69 Å². The molecule has 2 aromatic rings. The van der Waals surface area contributed by atoms with Crippen molar-refractivity contribution in [3.05, 3.63) is 50.8 Å². The van der Waals surface area contributed by atoms with E-state index in [0.717, 1.165) is 11.3 Å². The van der Waals surface area contributed by atoms with E-state index in [0.29, 0.717) is 10.8 Å². The van der Waals surface area contributed by atoms with Gasteiger partial charge in [0, 0.05) is 23.1 Å². The molecule has 112 valence electrons. The van der Waals surface area contributed by atoms with Crippen LogP contribution < -0.4 is 0 Å². The van der Waals surface area contributed by atoms with Gasteiger partial charge >= 0.3 is 0 Å². The van der Waals surface area contributed by atoms with Crippen LogP contribution in [0.3, 0.4) is 0 Å². The highest BCUT2D eigenvalue weighted by Crippen LogP contribution is 2.33. The van der Waals surface area contributed by atoms with Gasteiger partial charge in [-0.2, -0.15) is 5.10 Å². The van der Waals surface area contributed by atoms with E-state index in [1.807, 2.05) is 20.8 Å². The predicted octanol–water partition coefficient (Wildman–Crippen LogP) is 4.47. The molecular formula is C14H15Cl2N3O2. The van der Waals surface area contributed by atoms with Gasteiger partial charge in [-0.25, -0.2) is 4.68 Å². The SMILES string of the molecule is CC(C)(C)c1nn(-c2ccc([N+](=O)[O-])cc2)c(Cl)c1CCl. The predicted molar refractivity (Wildman–Crippen MR) is 83.5 cm³/mol. The van der Waals surface area contributed by atoms with Crippen LogP contribution in [0.15, 0.2) is 24.3 Å². The Balaban J connectivity index is 2.54. The van der Waals surface area contributed by atoms with E-state index >= 15 is 0 Å². The van der Waals surface area contributed by atoms with E-state index in [-0.39, 0.29) is 17.0 Å². The van der Waals surface area contributed by atoms with Crippen LogP contribution in [0.25, 0.3) is 5.69 Å². The van der Waals surface area contributed by atoms with Crippen molar-refractivity contribution >= 4 is 28.9 Å². The van der Waals surface area contributed by atoms with Gasteiger partial charge in [-0.05, 0) is 12.1 Å².